The number of carbonyl (C=O) groups is 5. The maximum Gasteiger partial charge on any atom is 0.328 e. The molecule has 0 bridgehead atoms. The van der Waals surface area contributed by atoms with Crippen molar-refractivity contribution in [3.05, 3.63) is 35.9 Å². The molecule has 0 heterocycles. The Morgan fingerprint density at radius 1 is 0.889 bits per heavy atom. The number of nitrogens with one attached hydrogen (secondary N) is 3. The smallest absolute Gasteiger partial charge is 0.328 e. The number of carboxylic acid groups (broad SMARTS) is 2. The second-order valence-corrected chi connectivity index (χ2v) is 8.37. The van der Waals surface area contributed by atoms with Crippen LogP contribution in [0.5, 0.6) is 0 Å². The summed E-state index contributed by atoms with van der Waals surface area (Å²) in [5.41, 5.74) is 12.3. The van der Waals surface area contributed by atoms with E-state index in [9.17, 15) is 34.2 Å². The van der Waals surface area contributed by atoms with Gasteiger partial charge in [-0.2, -0.15) is 0 Å². The summed E-state index contributed by atoms with van der Waals surface area (Å²) in [7, 11) is 0. The first-order valence-electron chi connectivity index (χ1n) is 11.5. The van der Waals surface area contributed by atoms with Crippen molar-refractivity contribution < 1.29 is 39.3 Å². The lowest BCUT2D eigenvalue weighted by Gasteiger charge is -2.25. The van der Waals surface area contributed by atoms with Crippen molar-refractivity contribution in [2.75, 3.05) is 6.54 Å². The van der Waals surface area contributed by atoms with Gasteiger partial charge < -0.3 is 42.7 Å². The van der Waals surface area contributed by atoms with Crippen molar-refractivity contribution in [1.29, 1.82) is 0 Å². The van der Waals surface area contributed by atoms with Crippen LogP contribution in [0, 0.1) is 0 Å². The molecule has 1 rings (SSSR count). The lowest BCUT2D eigenvalue weighted by molar-refractivity contribution is -0.146. The maximum absolute atomic E-state index is 13.0. The topological polar surface area (TPSA) is 234 Å². The number of nitrogens with two attached hydrogens (primary N) is 2. The van der Waals surface area contributed by atoms with E-state index in [0.717, 1.165) is 12.5 Å². The van der Waals surface area contributed by atoms with Crippen molar-refractivity contribution in [3.63, 3.8) is 0 Å². The van der Waals surface area contributed by atoms with E-state index < -0.39 is 66.4 Å². The fraction of sp³-hybridized carbons (Fsp3) is 0.522. The van der Waals surface area contributed by atoms with E-state index in [4.69, 9.17) is 16.6 Å². The molecule has 0 aliphatic carbocycles. The van der Waals surface area contributed by atoms with E-state index in [0.29, 0.717) is 19.4 Å². The highest BCUT2D eigenvalue weighted by Gasteiger charge is 2.32. The van der Waals surface area contributed by atoms with Crippen LogP contribution in [0.2, 0.25) is 0 Å². The zero-order valence-corrected chi connectivity index (χ0v) is 20.1. The quantitative estimate of drug-likeness (QED) is 0.115. The normalized spacial score (nSPS) is 15.0. The standard InChI is InChI=1S/C23H35N5O8/c1-13(29)19(23(35)36)28-22(34)17(12-18(30)31)27-21(33)16(9-5-6-10-24)26-20(32)15(25)11-14-7-3-2-4-8-14/h2-4,7-8,13,15-17,19,29H,5-6,9-12,24-25H2,1H3,(H,26,32)(H,27,33)(H,28,34)(H,30,31)(H,35,36). The number of hydrogen-bond acceptors (Lipinski definition) is 8. The molecule has 3 amide bonds. The first-order valence-corrected chi connectivity index (χ1v) is 11.5. The summed E-state index contributed by atoms with van der Waals surface area (Å²) in [5, 5.41) is 34.7. The minimum atomic E-state index is -1.72. The first kappa shape index (κ1) is 30.5. The monoisotopic (exact) mass is 509 g/mol. The van der Waals surface area contributed by atoms with Gasteiger partial charge in [-0.1, -0.05) is 30.3 Å². The fourth-order valence-corrected chi connectivity index (χ4v) is 3.30. The summed E-state index contributed by atoms with van der Waals surface area (Å²) in [5.74, 6) is -5.57. The third-order valence-electron chi connectivity index (χ3n) is 5.27. The molecule has 200 valence electrons. The molecule has 0 aliphatic rings. The Labute approximate surface area is 208 Å². The zero-order valence-electron chi connectivity index (χ0n) is 20.1. The van der Waals surface area contributed by atoms with Crippen LogP contribution in [-0.4, -0.2) is 81.8 Å². The fourth-order valence-electron chi connectivity index (χ4n) is 3.30. The first-order chi connectivity index (χ1) is 17.0. The second kappa shape index (κ2) is 15.4. The molecule has 5 unspecified atom stereocenters. The summed E-state index contributed by atoms with van der Waals surface area (Å²) in [6, 6.07) is 3.49. The van der Waals surface area contributed by atoms with E-state index in [1.54, 1.807) is 24.3 Å². The van der Waals surface area contributed by atoms with Crippen molar-refractivity contribution in [2.45, 2.75) is 69.3 Å². The number of aliphatic hydroxyl groups excluding tert-OH is 1. The number of aliphatic carboxylic acids is 2. The number of aliphatic hydroxyl groups is 1. The molecule has 0 aliphatic heterocycles. The van der Waals surface area contributed by atoms with Gasteiger partial charge in [0.2, 0.25) is 17.7 Å². The summed E-state index contributed by atoms with van der Waals surface area (Å²) in [6.07, 6.45) is -1.00. The Morgan fingerprint density at radius 3 is 2.00 bits per heavy atom. The molecule has 0 aromatic heterocycles. The van der Waals surface area contributed by atoms with Gasteiger partial charge in [-0.3, -0.25) is 19.2 Å². The van der Waals surface area contributed by atoms with Crippen molar-refractivity contribution in [2.24, 2.45) is 11.5 Å². The molecule has 1 aromatic rings. The van der Waals surface area contributed by atoms with E-state index in [-0.39, 0.29) is 12.8 Å². The highest BCUT2D eigenvalue weighted by Crippen LogP contribution is 2.06. The van der Waals surface area contributed by atoms with Gasteiger partial charge >= 0.3 is 11.9 Å². The average Bonchev–Trinajstić information content (AvgIpc) is 2.81. The number of unbranched alkanes of at least 4 members (excludes halogenated alkanes) is 1. The van der Waals surface area contributed by atoms with E-state index in [2.05, 4.69) is 10.6 Å². The molecule has 36 heavy (non-hydrogen) atoms. The van der Waals surface area contributed by atoms with Gasteiger partial charge in [-0.15, -0.1) is 0 Å². The highest BCUT2D eigenvalue weighted by molar-refractivity contribution is 5.95. The molecular formula is C23H35N5O8. The van der Waals surface area contributed by atoms with Crippen molar-refractivity contribution in [1.82, 2.24) is 16.0 Å². The van der Waals surface area contributed by atoms with Crippen LogP contribution in [0.15, 0.2) is 30.3 Å². The minimum Gasteiger partial charge on any atom is -0.481 e. The minimum absolute atomic E-state index is 0.139. The van der Waals surface area contributed by atoms with Gasteiger partial charge in [0.1, 0.15) is 12.1 Å². The number of benzene rings is 1. The number of hydrogen-bond donors (Lipinski definition) is 8. The lowest BCUT2D eigenvalue weighted by Crippen LogP contribution is -2.58. The van der Waals surface area contributed by atoms with Crippen LogP contribution < -0.4 is 27.4 Å². The number of rotatable bonds is 16. The Hall–Kier alpha value is -3.55. The number of amides is 3. The van der Waals surface area contributed by atoms with Crippen molar-refractivity contribution in [3.8, 4) is 0 Å². The Bertz CT molecular complexity index is 896. The summed E-state index contributed by atoms with van der Waals surface area (Å²) in [4.78, 5) is 60.8. The third-order valence-corrected chi connectivity index (χ3v) is 5.27. The molecule has 0 radical (unpaired) electrons. The van der Waals surface area contributed by atoms with E-state index in [1.807, 2.05) is 11.4 Å². The highest BCUT2D eigenvalue weighted by atomic mass is 16.4. The molecule has 13 heteroatoms. The van der Waals surface area contributed by atoms with Crippen LogP contribution in [0.3, 0.4) is 0 Å². The molecule has 0 saturated carbocycles. The number of carboxylic acids is 2. The van der Waals surface area contributed by atoms with Crippen LogP contribution in [-0.2, 0) is 30.4 Å². The lowest BCUT2D eigenvalue weighted by atomic mass is 10.0. The van der Waals surface area contributed by atoms with Crippen LogP contribution in [0.4, 0.5) is 0 Å². The molecule has 0 saturated heterocycles. The Morgan fingerprint density at radius 2 is 1.47 bits per heavy atom. The van der Waals surface area contributed by atoms with Gasteiger partial charge in [-0.25, -0.2) is 4.79 Å². The molecular weight excluding hydrogens is 474 g/mol. The molecule has 0 spiro atoms. The SMILES string of the molecule is CC(O)C(NC(=O)C(CC(=O)O)NC(=O)C(CCCCN)NC(=O)C(N)Cc1ccccc1)C(=O)O. The number of carbonyl (C=O) groups excluding carboxylic acids is 3. The van der Waals surface area contributed by atoms with Gasteiger partial charge in [0, 0.05) is 0 Å². The largest absolute Gasteiger partial charge is 0.481 e. The third kappa shape index (κ3) is 10.8. The maximum atomic E-state index is 13.0. The van der Waals surface area contributed by atoms with Gasteiger partial charge in [0.05, 0.1) is 18.6 Å². The Balaban J connectivity index is 2.97. The van der Waals surface area contributed by atoms with Crippen LogP contribution in [0.1, 0.15) is 38.2 Å². The summed E-state index contributed by atoms with van der Waals surface area (Å²) < 4.78 is 0. The predicted molar refractivity (Wildman–Crippen MR) is 128 cm³/mol. The van der Waals surface area contributed by atoms with Gasteiger partial charge in [0.25, 0.3) is 0 Å². The summed E-state index contributed by atoms with van der Waals surface area (Å²) >= 11 is 0. The van der Waals surface area contributed by atoms with Gasteiger partial charge in [0.15, 0.2) is 6.04 Å². The van der Waals surface area contributed by atoms with Crippen molar-refractivity contribution >= 4 is 29.7 Å². The molecule has 13 nitrogen and oxygen atoms in total. The molecule has 5 atom stereocenters. The molecule has 0 fully saturated rings. The molecule has 1 aromatic carbocycles. The average molecular weight is 510 g/mol. The van der Waals surface area contributed by atoms with Gasteiger partial charge in [-0.05, 0) is 44.7 Å². The van der Waals surface area contributed by atoms with Crippen LogP contribution in [0.25, 0.3) is 0 Å². The van der Waals surface area contributed by atoms with E-state index in [1.165, 1.54) is 0 Å². The molecule has 10 N–H and O–H groups in total. The van der Waals surface area contributed by atoms with E-state index >= 15 is 0 Å². The second-order valence-electron chi connectivity index (χ2n) is 8.37. The van der Waals surface area contributed by atoms with Crippen LogP contribution >= 0.6 is 0 Å². The zero-order chi connectivity index (χ0) is 27.3. The summed E-state index contributed by atoms with van der Waals surface area (Å²) in [6.45, 7) is 1.47. The Kier molecular flexibility index (Phi) is 13.1. The predicted octanol–water partition coefficient (Wildman–Crippen LogP) is -1.92.